The van der Waals surface area contributed by atoms with E-state index in [0.29, 0.717) is 11.5 Å². The molecule has 48 heavy (non-hydrogen) atoms. The Bertz CT molecular complexity index is 3080. The number of benzene rings is 8. The Morgan fingerprint density at radius 3 is 1.81 bits per heavy atom. The molecule has 0 saturated heterocycles. The maximum atomic E-state index is 6.46. The zero-order valence-corrected chi connectivity index (χ0v) is 25.7. The van der Waals surface area contributed by atoms with Gasteiger partial charge in [-0.3, -0.25) is 4.57 Å². The second-order valence-corrected chi connectivity index (χ2v) is 12.5. The van der Waals surface area contributed by atoms with Crippen molar-refractivity contribution < 1.29 is 4.42 Å². The van der Waals surface area contributed by atoms with Crippen LogP contribution in [0.3, 0.4) is 0 Å². The predicted octanol–water partition coefficient (Wildman–Crippen LogP) is 11.8. The average molecular weight is 612 g/mol. The zero-order chi connectivity index (χ0) is 31.3. The Morgan fingerprint density at radius 1 is 0.438 bits per heavy atom. The maximum Gasteiger partial charge on any atom is 0.236 e. The minimum absolute atomic E-state index is 0.618. The number of hydrogen-bond donors (Lipinski definition) is 0. The van der Waals surface area contributed by atoms with Crippen molar-refractivity contribution in [1.82, 2.24) is 14.5 Å². The van der Waals surface area contributed by atoms with Crippen molar-refractivity contribution in [3.63, 3.8) is 0 Å². The zero-order valence-electron chi connectivity index (χ0n) is 25.7. The van der Waals surface area contributed by atoms with Crippen molar-refractivity contribution in [3.8, 4) is 17.2 Å². The highest BCUT2D eigenvalue weighted by Gasteiger charge is 2.23. The number of para-hydroxylation sites is 1. The van der Waals surface area contributed by atoms with Crippen LogP contribution in [0, 0.1) is 0 Å². The molecule has 0 aliphatic heterocycles. The second-order valence-electron chi connectivity index (χ2n) is 12.5. The van der Waals surface area contributed by atoms with E-state index in [2.05, 4.69) is 120 Å². The molecule has 0 bridgehead atoms. The van der Waals surface area contributed by atoms with Crippen LogP contribution in [0.2, 0.25) is 0 Å². The Kier molecular flexibility index (Phi) is 5.08. The lowest BCUT2D eigenvalue weighted by Gasteiger charge is -2.12. The standard InChI is InChI=1S/C44H25N3O/c1-2-12-26(13-3-1)41-43-42(34-20-10-11-21-38(34)48-43)46-44(45-41)47-36-23-22-33-31-18-7-6-16-29(31)30-17-8-9-19-32(30)39(33)40(36)35-24-27-14-4-5-15-28(27)25-37(35)47/h1-25H. The van der Waals surface area contributed by atoms with Crippen molar-refractivity contribution in [1.29, 1.82) is 0 Å². The molecule has 11 rings (SSSR count). The highest BCUT2D eigenvalue weighted by atomic mass is 16.3. The summed E-state index contributed by atoms with van der Waals surface area (Å²) < 4.78 is 8.71. The number of furan rings is 1. The van der Waals surface area contributed by atoms with E-state index >= 15 is 0 Å². The van der Waals surface area contributed by atoms with Gasteiger partial charge in [-0.15, -0.1) is 0 Å². The van der Waals surface area contributed by atoms with Gasteiger partial charge in [0.15, 0.2) is 5.58 Å². The average Bonchev–Trinajstić information content (AvgIpc) is 3.69. The van der Waals surface area contributed by atoms with Crippen molar-refractivity contribution in [2.24, 2.45) is 0 Å². The van der Waals surface area contributed by atoms with Gasteiger partial charge in [0.05, 0.1) is 11.0 Å². The van der Waals surface area contributed by atoms with Gasteiger partial charge in [-0.2, -0.15) is 0 Å². The van der Waals surface area contributed by atoms with E-state index in [1.54, 1.807) is 0 Å². The van der Waals surface area contributed by atoms with Gasteiger partial charge < -0.3 is 4.42 Å². The van der Waals surface area contributed by atoms with E-state index < -0.39 is 0 Å². The topological polar surface area (TPSA) is 43.9 Å². The molecular formula is C44H25N3O. The summed E-state index contributed by atoms with van der Waals surface area (Å²) >= 11 is 0. The molecule has 0 atom stereocenters. The van der Waals surface area contributed by atoms with E-state index in [9.17, 15) is 0 Å². The van der Waals surface area contributed by atoms with Crippen LogP contribution in [-0.2, 0) is 0 Å². The number of hydrogen-bond acceptors (Lipinski definition) is 3. The SMILES string of the molecule is c1ccc(-c2nc(-n3c4cc5ccccc5cc4c4c5c6ccccc6c6ccccc6c5ccc43)nc3c2oc2ccccc23)cc1. The Labute approximate surface area is 274 Å². The van der Waals surface area contributed by atoms with E-state index in [-0.39, 0.29) is 0 Å². The Balaban J connectivity index is 1.37. The summed E-state index contributed by atoms with van der Waals surface area (Å²) in [5.41, 5.74) is 6.20. The van der Waals surface area contributed by atoms with Crippen LogP contribution in [0.4, 0.5) is 0 Å². The lowest BCUT2D eigenvalue weighted by molar-refractivity contribution is 0.666. The summed E-state index contributed by atoms with van der Waals surface area (Å²) in [4.78, 5) is 10.7. The summed E-state index contributed by atoms with van der Waals surface area (Å²) in [5.74, 6) is 0.618. The minimum atomic E-state index is 0.618. The van der Waals surface area contributed by atoms with Gasteiger partial charge in [0, 0.05) is 27.1 Å². The van der Waals surface area contributed by atoms with E-state index in [4.69, 9.17) is 14.4 Å². The third-order valence-corrected chi connectivity index (χ3v) is 9.96. The number of rotatable bonds is 2. The van der Waals surface area contributed by atoms with Crippen LogP contribution in [0.25, 0.3) is 104 Å². The van der Waals surface area contributed by atoms with Gasteiger partial charge in [-0.05, 0) is 68.0 Å². The largest absolute Gasteiger partial charge is 0.452 e. The molecule has 0 amide bonds. The number of fused-ring (bicyclic) bond motifs is 14. The fraction of sp³-hybridized carbons (Fsp3) is 0. The lowest BCUT2D eigenvalue weighted by atomic mass is 9.91. The van der Waals surface area contributed by atoms with Gasteiger partial charge >= 0.3 is 0 Å². The molecular weight excluding hydrogens is 587 g/mol. The lowest BCUT2D eigenvalue weighted by Crippen LogP contribution is -2.03. The first kappa shape index (κ1) is 25.6. The molecule has 4 heteroatoms. The van der Waals surface area contributed by atoms with Gasteiger partial charge in [0.25, 0.3) is 0 Å². The fourth-order valence-electron chi connectivity index (χ4n) is 7.87. The maximum absolute atomic E-state index is 6.46. The second kappa shape index (κ2) is 9.50. The first-order valence-corrected chi connectivity index (χ1v) is 16.3. The monoisotopic (exact) mass is 611 g/mol. The molecule has 0 aliphatic carbocycles. The van der Waals surface area contributed by atoms with Crippen LogP contribution in [0.15, 0.2) is 156 Å². The molecule has 0 radical (unpaired) electrons. The van der Waals surface area contributed by atoms with Crippen LogP contribution < -0.4 is 0 Å². The predicted molar refractivity (Wildman–Crippen MR) is 199 cm³/mol. The number of aromatic nitrogens is 3. The molecule has 0 aliphatic rings. The minimum Gasteiger partial charge on any atom is -0.452 e. The summed E-state index contributed by atoms with van der Waals surface area (Å²) in [7, 11) is 0. The molecule has 3 aromatic heterocycles. The molecule has 0 N–H and O–H groups in total. The molecule has 11 aromatic rings. The fourth-order valence-corrected chi connectivity index (χ4v) is 7.87. The van der Waals surface area contributed by atoms with Crippen molar-refractivity contribution >= 4 is 87.0 Å². The first-order valence-electron chi connectivity index (χ1n) is 16.3. The van der Waals surface area contributed by atoms with Crippen molar-refractivity contribution in [3.05, 3.63) is 152 Å². The quantitative estimate of drug-likeness (QED) is 0.183. The molecule has 8 aromatic carbocycles. The molecule has 4 nitrogen and oxygen atoms in total. The first-order chi connectivity index (χ1) is 23.8. The number of nitrogens with zero attached hydrogens (tertiary/aromatic N) is 3. The highest BCUT2D eigenvalue weighted by Crippen LogP contribution is 2.44. The van der Waals surface area contributed by atoms with E-state index in [1.165, 1.54) is 53.9 Å². The van der Waals surface area contributed by atoms with E-state index in [0.717, 1.165) is 38.8 Å². The molecule has 3 heterocycles. The van der Waals surface area contributed by atoms with E-state index in [1.807, 2.05) is 36.4 Å². The normalized spacial score (nSPS) is 12.2. The Morgan fingerprint density at radius 2 is 1.04 bits per heavy atom. The van der Waals surface area contributed by atoms with Gasteiger partial charge in [0.1, 0.15) is 16.8 Å². The summed E-state index contributed by atoms with van der Waals surface area (Å²) in [6.07, 6.45) is 0. The van der Waals surface area contributed by atoms with Gasteiger partial charge in [-0.25, -0.2) is 9.97 Å². The molecule has 0 unspecified atom stereocenters. The summed E-state index contributed by atoms with van der Waals surface area (Å²) in [6, 6.07) is 53.7. The highest BCUT2D eigenvalue weighted by molar-refractivity contribution is 6.35. The van der Waals surface area contributed by atoms with Crippen LogP contribution in [-0.4, -0.2) is 14.5 Å². The molecule has 0 fully saturated rings. The summed E-state index contributed by atoms with van der Waals surface area (Å²) in [6.45, 7) is 0. The van der Waals surface area contributed by atoms with Crippen molar-refractivity contribution in [2.45, 2.75) is 0 Å². The molecule has 0 saturated carbocycles. The van der Waals surface area contributed by atoms with Crippen LogP contribution >= 0.6 is 0 Å². The summed E-state index contributed by atoms with van der Waals surface area (Å²) in [5, 5.41) is 13.2. The molecule has 222 valence electrons. The molecule has 0 spiro atoms. The van der Waals surface area contributed by atoms with Gasteiger partial charge in [-0.1, -0.05) is 121 Å². The Hall–Kier alpha value is -6.52. The van der Waals surface area contributed by atoms with Crippen LogP contribution in [0.5, 0.6) is 0 Å². The third kappa shape index (κ3) is 3.43. The smallest absolute Gasteiger partial charge is 0.236 e. The van der Waals surface area contributed by atoms with Gasteiger partial charge in [0.2, 0.25) is 5.95 Å². The third-order valence-electron chi connectivity index (χ3n) is 9.96. The van der Waals surface area contributed by atoms with Crippen LogP contribution in [0.1, 0.15) is 0 Å². The van der Waals surface area contributed by atoms with Crippen molar-refractivity contribution in [2.75, 3.05) is 0 Å².